The number of carbonyl (C=O) groups is 2. The van der Waals surface area contributed by atoms with Crippen molar-refractivity contribution >= 4 is 23.4 Å². The lowest BCUT2D eigenvalue weighted by molar-refractivity contribution is -0.111. The van der Waals surface area contributed by atoms with Gasteiger partial charge in [0.2, 0.25) is 5.91 Å². The molecule has 5 heteroatoms. The average molecular weight is 310 g/mol. The minimum Gasteiger partial charge on any atom is -0.410 e. The van der Waals surface area contributed by atoms with Crippen LogP contribution in [0.25, 0.3) is 0 Å². The highest BCUT2D eigenvalue weighted by atomic mass is 16.6. The predicted molar refractivity (Wildman–Crippen MR) is 90.8 cm³/mol. The minimum atomic E-state index is -0.506. The summed E-state index contributed by atoms with van der Waals surface area (Å²) in [4.78, 5) is 25.1. The molecule has 23 heavy (non-hydrogen) atoms. The number of nitrogens with zero attached hydrogens (tertiary/aromatic N) is 1. The van der Waals surface area contributed by atoms with E-state index >= 15 is 0 Å². The first kappa shape index (κ1) is 16.3. The fourth-order valence-corrected chi connectivity index (χ4v) is 1.90. The summed E-state index contributed by atoms with van der Waals surface area (Å²) >= 11 is 0. The van der Waals surface area contributed by atoms with Crippen molar-refractivity contribution in [2.75, 3.05) is 17.3 Å². The van der Waals surface area contributed by atoms with Crippen molar-refractivity contribution in [3.05, 3.63) is 66.7 Å². The van der Waals surface area contributed by atoms with Crippen LogP contribution in [-0.4, -0.2) is 19.0 Å². The standard InChI is InChI=1S/C18H18N2O3/c1-3-8-17(21)19-14-9-7-12-16(13-14)23-18(22)20(2)15-10-5-4-6-11-15/h3-13H,1-2H3,(H,19,21). The zero-order valence-electron chi connectivity index (χ0n) is 13.0. The van der Waals surface area contributed by atoms with Gasteiger partial charge in [-0.25, -0.2) is 4.79 Å². The molecule has 0 radical (unpaired) electrons. The first-order valence-corrected chi connectivity index (χ1v) is 7.14. The maximum atomic E-state index is 12.2. The third-order valence-corrected chi connectivity index (χ3v) is 3.04. The third-order valence-electron chi connectivity index (χ3n) is 3.04. The number of anilines is 2. The summed E-state index contributed by atoms with van der Waals surface area (Å²) < 4.78 is 5.33. The fourth-order valence-electron chi connectivity index (χ4n) is 1.90. The van der Waals surface area contributed by atoms with Crippen LogP contribution in [0.3, 0.4) is 0 Å². The highest BCUT2D eigenvalue weighted by Gasteiger charge is 2.13. The van der Waals surface area contributed by atoms with Gasteiger partial charge < -0.3 is 10.1 Å². The predicted octanol–water partition coefficient (Wildman–Crippen LogP) is 3.84. The van der Waals surface area contributed by atoms with Crippen LogP contribution < -0.4 is 15.0 Å². The number of nitrogens with one attached hydrogen (secondary N) is 1. The van der Waals surface area contributed by atoms with E-state index in [-0.39, 0.29) is 5.91 Å². The van der Waals surface area contributed by atoms with Gasteiger partial charge in [0.05, 0.1) is 0 Å². The van der Waals surface area contributed by atoms with E-state index in [2.05, 4.69) is 5.32 Å². The molecule has 5 nitrogen and oxygen atoms in total. The summed E-state index contributed by atoms with van der Waals surface area (Å²) in [5, 5.41) is 2.69. The van der Waals surface area contributed by atoms with Gasteiger partial charge >= 0.3 is 6.09 Å². The zero-order chi connectivity index (χ0) is 16.7. The number of benzene rings is 2. The third kappa shape index (κ3) is 4.71. The SMILES string of the molecule is CC=CC(=O)Nc1cccc(OC(=O)N(C)c2ccccc2)c1. The van der Waals surface area contributed by atoms with Crippen molar-refractivity contribution in [3.63, 3.8) is 0 Å². The van der Waals surface area contributed by atoms with Crippen LogP contribution in [0.4, 0.5) is 16.2 Å². The molecule has 118 valence electrons. The molecule has 2 rings (SSSR count). The number of carbonyl (C=O) groups excluding carboxylic acids is 2. The molecular formula is C18H18N2O3. The molecule has 0 fully saturated rings. The van der Waals surface area contributed by atoms with E-state index in [1.807, 2.05) is 30.3 Å². The van der Waals surface area contributed by atoms with Gasteiger partial charge in [0, 0.05) is 24.5 Å². The Kier molecular flexibility index (Phi) is 5.52. The van der Waals surface area contributed by atoms with Gasteiger partial charge in [0.15, 0.2) is 0 Å². The average Bonchev–Trinajstić information content (AvgIpc) is 2.55. The van der Waals surface area contributed by atoms with Gasteiger partial charge in [0.25, 0.3) is 0 Å². The van der Waals surface area contributed by atoms with Gasteiger partial charge in [-0.05, 0) is 37.3 Å². The number of hydrogen-bond acceptors (Lipinski definition) is 3. The Morgan fingerprint density at radius 1 is 1.09 bits per heavy atom. The maximum Gasteiger partial charge on any atom is 0.419 e. The van der Waals surface area contributed by atoms with Gasteiger partial charge in [-0.2, -0.15) is 0 Å². The van der Waals surface area contributed by atoms with Crippen LogP contribution in [0, 0.1) is 0 Å². The van der Waals surface area contributed by atoms with Gasteiger partial charge in [-0.1, -0.05) is 30.3 Å². The summed E-state index contributed by atoms with van der Waals surface area (Å²) in [5.74, 6) is 0.119. The van der Waals surface area contributed by atoms with E-state index in [9.17, 15) is 9.59 Å². The van der Waals surface area contributed by atoms with Crippen molar-refractivity contribution in [1.82, 2.24) is 0 Å². The van der Waals surface area contributed by atoms with Crippen LogP contribution in [-0.2, 0) is 4.79 Å². The molecule has 0 saturated carbocycles. The second kappa shape index (κ2) is 7.79. The Morgan fingerprint density at radius 3 is 2.52 bits per heavy atom. The number of hydrogen-bond donors (Lipinski definition) is 1. The Balaban J connectivity index is 2.05. The lowest BCUT2D eigenvalue weighted by Crippen LogP contribution is -2.29. The van der Waals surface area contributed by atoms with E-state index in [0.29, 0.717) is 11.4 Å². The van der Waals surface area contributed by atoms with Gasteiger partial charge in [0.1, 0.15) is 5.75 Å². The highest BCUT2D eigenvalue weighted by Crippen LogP contribution is 2.19. The van der Waals surface area contributed by atoms with E-state index < -0.39 is 6.09 Å². The van der Waals surface area contributed by atoms with Crippen molar-refractivity contribution in [3.8, 4) is 5.75 Å². The lowest BCUT2D eigenvalue weighted by Gasteiger charge is -2.17. The molecule has 2 aromatic carbocycles. The largest absolute Gasteiger partial charge is 0.419 e. The van der Waals surface area contributed by atoms with Crippen LogP contribution >= 0.6 is 0 Å². The monoisotopic (exact) mass is 310 g/mol. The molecule has 0 atom stereocenters. The van der Waals surface area contributed by atoms with Crippen LogP contribution in [0.5, 0.6) is 5.75 Å². The summed E-state index contributed by atoms with van der Waals surface area (Å²) in [5.41, 5.74) is 1.29. The Hall–Kier alpha value is -3.08. The number of allylic oxidation sites excluding steroid dienone is 1. The van der Waals surface area contributed by atoms with E-state index in [1.165, 1.54) is 11.0 Å². The molecule has 0 saturated heterocycles. The molecule has 0 aliphatic heterocycles. The van der Waals surface area contributed by atoms with Crippen molar-refractivity contribution in [1.29, 1.82) is 0 Å². The van der Waals surface area contributed by atoms with Crippen molar-refractivity contribution in [2.24, 2.45) is 0 Å². The zero-order valence-corrected chi connectivity index (χ0v) is 13.0. The normalized spacial score (nSPS) is 10.3. The molecule has 0 spiro atoms. The van der Waals surface area contributed by atoms with E-state index in [4.69, 9.17) is 4.74 Å². The highest BCUT2D eigenvalue weighted by molar-refractivity contribution is 5.99. The molecule has 0 unspecified atom stereocenters. The molecule has 2 amide bonds. The lowest BCUT2D eigenvalue weighted by atomic mass is 10.3. The van der Waals surface area contributed by atoms with Crippen LogP contribution in [0.1, 0.15) is 6.92 Å². The van der Waals surface area contributed by atoms with Crippen molar-refractivity contribution in [2.45, 2.75) is 6.92 Å². The molecule has 1 N–H and O–H groups in total. The van der Waals surface area contributed by atoms with Crippen LogP contribution in [0.2, 0.25) is 0 Å². The second-order valence-corrected chi connectivity index (χ2v) is 4.78. The van der Waals surface area contributed by atoms with Gasteiger partial charge in [-0.15, -0.1) is 0 Å². The summed E-state index contributed by atoms with van der Waals surface area (Å²) in [6.45, 7) is 1.76. The Bertz CT molecular complexity index is 711. The van der Waals surface area contributed by atoms with E-state index in [0.717, 1.165) is 5.69 Å². The Morgan fingerprint density at radius 2 is 1.83 bits per heavy atom. The quantitative estimate of drug-likeness (QED) is 0.873. The fraction of sp³-hybridized carbons (Fsp3) is 0.111. The second-order valence-electron chi connectivity index (χ2n) is 4.78. The molecule has 0 aliphatic rings. The molecule has 0 heterocycles. The number of ether oxygens (including phenoxy) is 1. The maximum absolute atomic E-state index is 12.2. The van der Waals surface area contributed by atoms with Crippen LogP contribution in [0.15, 0.2) is 66.7 Å². The first-order valence-electron chi connectivity index (χ1n) is 7.14. The summed E-state index contributed by atoms with van der Waals surface area (Å²) in [7, 11) is 1.63. The molecule has 0 aromatic heterocycles. The summed E-state index contributed by atoms with van der Waals surface area (Å²) in [6, 6.07) is 15.9. The molecule has 2 aromatic rings. The topological polar surface area (TPSA) is 58.6 Å². The molecular weight excluding hydrogens is 292 g/mol. The van der Waals surface area contributed by atoms with E-state index in [1.54, 1.807) is 44.3 Å². The first-order chi connectivity index (χ1) is 11.1. The van der Waals surface area contributed by atoms with Gasteiger partial charge in [-0.3, -0.25) is 9.69 Å². The molecule has 0 aliphatic carbocycles. The number of para-hydroxylation sites is 1. The smallest absolute Gasteiger partial charge is 0.410 e. The number of amides is 2. The van der Waals surface area contributed by atoms with Crippen molar-refractivity contribution < 1.29 is 14.3 Å². The Labute approximate surface area is 135 Å². The molecule has 0 bridgehead atoms. The number of rotatable bonds is 4. The minimum absolute atomic E-state index is 0.239. The summed E-state index contributed by atoms with van der Waals surface area (Å²) in [6.07, 6.45) is 2.56.